The second-order valence-corrected chi connectivity index (χ2v) is 5.02. The molecule has 1 rings (SSSR count). The van der Waals surface area contributed by atoms with E-state index in [0.29, 0.717) is 0 Å². The molecule has 4 heteroatoms. The normalized spacial score (nSPS) is 12.5. The van der Waals surface area contributed by atoms with Crippen LogP contribution in [0.2, 0.25) is 0 Å². The molecule has 1 aromatic rings. The van der Waals surface area contributed by atoms with E-state index in [1.165, 1.54) is 7.11 Å². The third kappa shape index (κ3) is 4.33. The SMILES string of the molecule is COC(=O)C(NCCN(C)C)c1c(C)cccc1C. The molecule has 0 bridgehead atoms. The lowest BCUT2D eigenvalue weighted by molar-refractivity contribution is -0.143. The number of nitrogens with zero attached hydrogens (tertiary/aromatic N) is 1. The molecule has 1 atom stereocenters. The summed E-state index contributed by atoms with van der Waals surface area (Å²) in [5, 5.41) is 3.28. The molecule has 0 saturated carbocycles. The molecule has 1 aromatic carbocycles. The smallest absolute Gasteiger partial charge is 0.327 e. The van der Waals surface area contributed by atoms with Crippen molar-refractivity contribution < 1.29 is 9.53 Å². The monoisotopic (exact) mass is 264 g/mol. The molecule has 0 aliphatic rings. The van der Waals surface area contributed by atoms with E-state index in [0.717, 1.165) is 29.8 Å². The minimum atomic E-state index is -0.397. The van der Waals surface area contributed by atoms with Crippen molar-refractivity contribution in [2.24, 2.45) is 0 Å². The van der Waals surface area contributed by atoms with Gasteiger partial charge in [-0.15, -0.1) is 0 Å². The summed E-state index contributed by atoms with van der Waals surface area (Å²) in [7, 11) is 5.44. The van der Waals surface area contributed by atoms with E-state index in [1.807, 2.05) is 46.1 Å². The molecule has 0 aromatic heterocycles. The highest BCUT2D eigenvalue weighted by molar-refractivity contribution is 5.78. The Balaban J connectivity index is 2.93. The summed E-state index contributed by atoms with van der Waals surface area (Å²) >= 11 is 0. The number of methoxy groups -OCH3 is 1. The van der Waals surface area contributed by atoms with Crippen molar-refractivity contribution >= 4 is 5.97 Å². The van der Waals surface area contributed by atoms with Crippen LogP contribution in [0.4, 0.5) is 0 Å². The molecule has 0 saturated heterocycles. The van der Waals surface area contributed by atoms with Crippen molar-refractivity contribution in [1.82, 2.24) is 10.2 Å². The summed E-state index contributed by atoms with van der Waals surface area (Å²) in [5.41, 5.74) is 3.23. The molecule has 1 N–H and O–H groups in total. The van der Waals surface area contributed by atoms with Crippen LogP contribution in [0.15, 0.2) is 18.2 Å². The lowest BCUT2D eigenvalue weighted by atomic mass is 9.96. The Hall–Kier alpha value is -1.39. The zero-order valence-corrected chi connectivity index (χ0v) is 12.5. The minimum Gasteiger partial charge on any atom is -0.468 e. The Morgan fingerprint density at radius 2 is 1.89 bits per heavy atom. The maximum Gasteiger partial charge on any atom is 0.327 e. The standard InChI is InChI=1S/C15H24N2O2/c1-11-7-6-8-12(2)13(11)14(15(18)19-5)16-9-10-17(3)4/h6-8,14,16H,9-10H2,1-5H3. The average Bonchev–Trinajstić information content (AvgIpc) is 2.35. The Labute approximate surface area is 115 Å². The number of nitrogens with one attached hydrogen (secondary N) is 1. The predicted octanol–water partition coefficient (Wildman–Crippen LogP) is 1.67. The topological polar surface area (TPSA) is 41.6 Å². The summed E-state index contributed by atoms with van der Waals surface area (Å²) in [6.45, 7) is 5.65. The molecular weight excluding hydrogens is 240 g/mol. The van der Waals surface area contributed by atoms with E-state index >= 15 is 0 Å². The van der Waals surface area contributed by atoms with E-state index in [9.17, 15) is 4.79 Å². The van der Waals surface area contributed by atoms with Crippen molar-refractivity contribution in [3.8, 4) is 0 Å². The van der Waals surface area contributed by atoms with Gasteiger partial charge in [0.15, 0.2) is 0 Å². The van der Waals surface area contributed by atoms with Crippen LogP contribution >= 0.6 is 0 Å². The maximum atomic E-state index is 12.0. The number of carbonyl (C=O) groups is 1. The van der Waals surface area contributed by atoms with E-state index in [4.69, 9.17) is 4.74 Å². The zero-order chi connectivity index (χ0) is 14.4. The maximum absolute atomic E-state index is 12.0. The molecule has 0 radical (unpaired) electrons. The molecule has 1 unspecified atom stereocenters. The molecule has 0 aliphatic heterocycles. The molecule has 0 heterocycles. The van der Waals surface area contributed by atoms with Crippen LogP contribution < -0.4 is 5.32 Å². The van der Waals surface area contributed by atoms with Gasteiger partial charge in [-0.1, -0.05) is 18.2 Å². The summed E-state index contributed by atoms with van der Waals surface area (Å²) in [5.74, 6) is -0.240. The fourth-order valence-electron chi connectivity index (χ4n) is 2.14. The molecular formula is C15H24N2O2. The van der Waals surface area contributed by atoms with Crippen LogP contribution in [-0.2, 0) is 9.53 Å². The number of esters is 1. The summed E-state index contributed by atoms with van der Waals surface area (Å²) in [4.78, 5) is 14.1. The Morgan fingerprint density at radius 3 is 2.37 bits per heavy atom. The molecule has 0 spiro atoms. The van der Waals surface area contributed by atoms with Gasteiger partial charge in [0, 0.05) is 13.1 Å². The highest BCUT2D eigenvalue weighted by Gasteiger charge is 2.23. The number of hydrogen-bond donors (Lipinski definition) is 1. The van der Waals surface area contributed by atoms with Gasteiger partial charge >= 0.3 is 5.97 Å². The number of benzene rings is 1. The number of rotatable bonds is 6. The fraction of sp³-hybridized carbons (Fsp3) is 0.533. The highest BCUT2D eigenvalue weighted by atomic mass is 16.5. The number of aryl methyl sites for hydroxylation is 2. The van der Waals surface area contributed by atoms with Gasteiger partial charge in [-0.05, 0) is 44.6 Å². The largest absolute Gasteiger partial charge is 0.468 e. The van der Waals surface area contributed by atoms with Crippen LogP contribution in [0, 0.1) is 13.8 Å². The highest BCUT2D eigenvalue weighted by Crippen LogP contribution is 2.22. The van der Waals surface area contributed by atoms with Gasteiger partial charge in [-0.3, -0.25) is 5.32 Å². The number of carbonyl (C=O) groups excluding carboxylic acids is 1. The van der Waals surface area contributed by atoms with Crippen molar-refractivity contribution in [3.05, 3.63) is 34.9 Å². The first-order valence-corrected chi connectivity index (χ1v) is 6.49. The van der Waals surface area contributed by atoms with Crippen LogP contribution in [-0.4, -0.2) is 45.2 Å². The molecule has 0 amide bonds. The first-order chi connectivity index (χ1) is 8.97. The minimum absolute atomic E-state index is 0.240. The third-order valence-electron chi connectivity index (χ3n) is 3.18. The van der Waals surface area contributed by atoms with Gasteiger partial charge in [0.25, 0.3) is 0 Å². The lowest BCUT2D eigenvalue weighted by Gasteiger charge is -2.21. The fourth-order valence-corrected chi connectivity index (χ4v) is 2.14. The second kappa shape index (κ2) is 7.26. The van der Waals surface area contributed by atoms with E-state index in [2.05, 4.69) is 10.2 Å². The lowest BCUT2D eigenvalue weighted by Crippen LogP contribution is -2.35. The first-order valence-electron chi connectivity index (χ1n) is 6.49. The van der Waals surface area contributed by atoms with Crippen LogP contribution in [0.5, 0.6) is 0 Å². The van der Waals surface area contributed by atoms with Crippen LogP contribution in [0.1, 0.15) is 22.7 Å². The van der Waals surface area contributed by atoms with Gasteiger partial charge in [0.05, 0.1) is 7.11 Å². The van der Waals surface area contributed by atoms with E-state index < -0.39 is 6.04 Å². The molecule has 106 valence electrons. The number of ether oxygens (including phenoxy) is 1. The van der Waals surface area contributed by atoms with Crippen molar-refractivity contribution in [2.45, 2.75) is 19.9 Å². The van der Waals surface area contributed by atoms with Crippen molar-refractivity contribution in [1.29, 1.82) is 0 Å². The summed E-state index contributed by atoms with van der Waals surface area (Å²) < 4.78 is 4.92. The van der Waals surface area contributed by atoms with Gasteiger partial charge in [0.1, 0.15) is 6.04 Å². The quantitative estimate of drug-likeness (QED) is 0.794. The molecule has 0 fully saturated rings. The first kappa shape index (κ1) is 15.7. The van der Waals surface area contributed by atoms with Crippen LogP contribution in [0.25, 0.3) is 0 Å². The Bertz CT molecular complexity index is 410. The molecule has 4 nitrogen and oxygen atoms in total. The zero-order valence-electron chi connectivity index (χ0n) is 12.5. The summed E-state index contributed by atoms with van der Waals surface area (Å²) in [6.07, 6.45) is 0. The number of hydrogen-bond acceptors (Lipinski definition) is 4. The molecule has 19 heavy (non-hydrogen) atoms. The third-order valence-corrected chi connectivity index (χ3v) is 3.18. The van der Waals surface area contributed by atoms with Gasteiger partial charge in [-0.2, -0.15) is 0 Å². The Morgan fingerprint density at radius 1 is 1.32 bits per heavy atom. The second-order valence-electron chi connectivity index (χ2n) is 5.02. The van der Waals surface area contributed by atoms with E-state index in [1.54, 1.807) is 0 Å². The van der Waals surface area contributed by atoms with Crippen molar-refractivity contribution in [3.63, 3.8) is 0 Å². The Kier molecular flexibility index (Phi) is 5.99. The summed E-state index contributed by atoms with van der Waals surface area (Å²) in [6, 6.07) is 5.64. The van der Waals surface area contributed by atoms with E-state index in [-0.39, 0.29) is 5.97 Å². The van der Waals surface area contributed by atoms with Crippen molar-refractivity contribution in [2.75, 3.05) is 34.3 Å². The van der Waals surface area contributed by atoms with Gasteiger partial charge in [-0.25, -0.2) is 4.79 Å². The average molecular weight is 264 g/mol. The number of likely N-dealkylation sites (N-methyl/N-ethyl adjacent to an activating group) is 1. The van der Waals surface area contributed by atoms with Gasteiger partial charge in [0.2, 0.25) is 0 Å². The van der Waals surface area contributed by atoms with Gasteiger partial charge < -0.3 is 9.64 Å². The molecule has 0 aliphatic carbocycles. The van der Waals surface area contributed by atoms with Crippen LogP contribution in [0.3, 0.4) is 0 Å². The predicted molar refractivity (Wildman–Crippen MR) is 77.2 cm³/mol.